The molecule has 1 saturated heterocycles. The fraction of sp³-hybridized carbons (Fsp3) is 0.333. The Morgan fingerprint density at radius 1 is 1.07 bits per heavy atom. The maximum absolute atomic E-state index is 12.6. The number of hydrogen-bond donors (Lipinski definition) is 2. The van der Waals surface area contributed by atoms with Gasteiger partial charge in [-0.3, -0.25) is 4.79 Å². The molecule has 6 heteroatoms. The van der Waals surface area contributed by atoms with Crippen molar-refractivity contribution in [3.63, 3.8) is 0 Å². The van der Waals surface area contributed by atoms with Crippen LogP contribution in [-0.4, -0.2) is 46.3 Å². The van der Waals surface area contributed by atoms with Gasteiger partial charge in [-0.15, -0.1) is 0 Å². The Morgan fingerprint density at radius 3 is 2.50 bits per heavy atom. The van der Waals surface area contributed by atoms with Crippen LogP contribution in [0.3, 0.4) is 0 Å². The van der Waals surface area contributed by atoms with Crippen molar-refractivity contribution >= 4 is 17.3 Å². The van der Waals surface area contributed by atoms with Crippen LogP contribution in [0.5, 0.6) is 0 Å². The van der Waals surface area contributed by atoms with E-state index in [4.69, 9.17) is 0 Å². The summed E-state index contributed by atoms with van der Waals surface area (Å²) in [5, 5.41) is 11.3. The summed E-state index contributed by atoms with van der Waals surface area (Å²) in [6.45, 7) is 6.67. The Labute approximate surface area is 177 Å². The van der Waals surface area contributed by atoms with Crippen molar-refractivity contribution in [2.75, 3.05) is 30.3 Å². The summed E-state index contributed by atoms with van der Waals surface area (Å²) in [5.41, 5.74) is 4.74. The van der Waals surface area contributed by atoms with Crippen molar-refractivity contribution in [1.82, 2.24) is 14.7 Å². The number of aryl methyl sites for hydroxylation is 1. The summed E-state index contributed by atoms with van der Waals surface area (Å²) in [7, 11) is 0. The largest absolute Gasteiger partial charge is 0.381 e. The maximum Gasteiger partial charge on any atom is 0.225 e. The van der Waals surface area contributed by atoms with Crippen LogP contribution in [0.1, 0.15) is 24.2 Å². The van der Waals surface area contributed by atoms with E-state index in [0.29, 0.717) is 12.5 Å². The molecule has 4 rings (SSSR count). The van der Waals surface area contributed by atoms with E-state index in [1.807, 2.05) is 67.1 Å². The molecule has 0 spiro atoms. The fourth-order valence-electron chi connectivity index (χ4n) is 4.03. The van der Waals surface area contributed by atoms with Gasteiger partial charge >= 0.3 is 0 Å². The van der Waals surface area contributed by atoms with Gasteiger partial charge in [-0.2, -0.15) is 5.10 Å². The van der Waals surface area contributed by atoms with E-state index in [9.17, 15) is 4.79 Å². The number of likely N-dealkylation sites (tertiary alicyclic amines) is 1. The third kappa shape index (κ3) is 4.71. The molecule has 6 nitrogen and oxygen atoms in total. The molecule has 0 bridgehead atoms. The van der Waals surface area contributed by atoms with Crippen LogP contribution < -0.4 is 10.6 Å². The first-order chi connectivity index (χ1) is 14.6. The van der Waals surface area contributed by atoms with E-state index < -0.39 is 0 Å². The predicted molar refractivity (Wildman–Crippen MR) is 121 cm³/mol. The van der Waals surface area contributed by atoms with Crippen molar-refractivity contribution in [2.45, 2.75) is 32.7 Å². The first-order valence-corrected chi connectivity index (χ1v) is 10.6. The number of nitrogens with one attached hydrogen (secondary N) is 2. The van der Waals surface area contributed by atoms with E-state index in [-0.39, 0.29) is 5.91 Å². The molecule has 0 aliphatic carbocycles. The van der Waals surface area contributed by atoms with Crippen molar-refractivity contribution in [1.29, 1.82) is 0 Å². The van der Waals surface area contributed by atoms with Crippen molar-refractivity contribution in [3.8, 4) is 5.69 Å². The summed E-state index contributed by atoms with van der Waals surface area (Å²) in [6, 6.07) is 20.7. The Kier molecular flexibility index (Phi) is 6.14. The molecular weight excluding hydrogens is 374 g/mol. The molecule has 1 aliphatic heterocycles. The number of aromatic nitrogens is 2. The van der Waals surface area contributed by atoms with Gasteiger partial charge in [0.15, 0.2) is 0 Å². The van der Waals surface area contributed by atoms with Crippen LogP contribution >= 0.6 is 0 Å². The van der Waals surface area contributed by atoms with Crippen LogP contribution in [0, 0.1) is 13.8 Å². The molecule has 0 saturated carbocycles. The molecule has 30 heavy (non-hydrogen) atoms. The van der Waals surface area contributed by atoms with E-state index in [0.717, 1.165) is 54.5 Å². The minimum Gasteiger partial charge on any atom is -0.381 e. The molecule has 2 N–H and O–H groups in total. The molecular formula is C24H29N5O. The molecule has 1 amide bonds. The molecule has 156 valence electrons. The number of anilines is 2. The number of carbonyl (C=O) groups excluding carboxylic acids is 1. The summed E-state index contributed by atoms with van der Waals surface area (Å²) in [5.74, 6) is 0.0354. The van der Waals surface area contributed by atoms with E-state index in [1.165, 1.54) is 0 Å². The van der Waals surface area contributed by atoms with Crippen LogP contribution in [0.25, 0.3) is 5.69 Å². The Bertz CT molecular complexity index is 984. The second-order valence-corrected chi connectivity index (χ2v) is 7.89. The molecule has 1 unspecified atom stereocenters. The lowest BCUT2D eigenvalue weighted by molar-refractivity contribution is -0.116. The number of benzene rings is 2. The summed E-state index contributed by atoms with van der Waals surface area (Å²) < 4.78 is 1.88. The van der Waals surface area contributed by atoms with Gasteiger partial charge in [0.2, 0.25) is 5.91 Å². The molecule has 3 aromatic rings. The van der Waals surface area contributed by atoms with Crippen molar-refractivity contribution in [3.05, 3.63) is 72.1 Å². The van der Waals surface area contributed by atoms with Gasteiger partial charge in [0.1, 0.15) is 0 Å². The lowest BCUT2D eigenvalue weighted by atomic mass is 10.2. The zero-order chi connectivity index (χ0) is 20.9. The summed E-state index contributed by atoms with van der Waals surface area (Å²) in [6.07, 6.45) is 1.58. The average molecular weight is 404 g/mol. The smallest absolute Gasteiger partial charge is 0.225 e. The SMILES string of the molecule is Cc1nn(-c2ccccc2)c(C)c1NC(=O)CCN1CCC(Nc2ccccc2)C1. The summed E-state index contributed by atoms with van der Waals surface area (Å²) in [4.78, 5) is 15.0. The number of carbonyl (C=O) groups is 1. The van der Waals surface area contributed by atoms with Crippen LogP contribution in [0.15, 0.2) is 60.7 Å². The highest BCUT2D eigenvalue weighted by atomic mass is 16.1. The third-order valence-corrected chi connectivity index (χ3v) is 5.63. The molecule has 1 aromatic heterocycles. The lowest BCUT2D eigenvalue weighted by Crippen LogP contribution is -2.29. The Balaban J connectivity index is 1.29. The third-order valence-electron chi connectivity index (χ3n) is 5.63. The predicted octanol–water partition coefficient (Wildman–Crippen LogP) is 4.00. The maximum atomic E-state index is 12.6. The monoisotopic (exact) mass is 403 g/mol. The minimum atomic E-state index is 0.0354. The van der Waals surface area contributed by atoms with Gasteiger partial charge in [0.25, 0.3) is 0 Å². The molecule has 2 heterocycles. The second kappa shape index (κ2) is 9.13. The zero-order valence-corrected chi connectivity index (χ0v) is 17.6. The minimum absolute atomic E-state index is 0.0354. The van der Waals surface area contributed by atoms with Gasteiger partial charge in [-0.25, -0.2) is 4.68 Å². The van der Waals surface area contributed by atoms with Crippen LogP contribution in [-0.2, 0) is 4.79 Å². The molecule has 2 aromatic carbocycles. The van der Waals surface area contributed by atoms with Gasteiger partial charge in [0.05, 0.1) is 22.8 Å². The number of para-hydroxylation sites is 2. The van der Waals surface area contributed by atoms with Crippen LogP contribution in [0.4, 0.5) is 11.4 Å². The van der Waals surface area contributed by atoms with E-state index in [1.54, 1.807) is 0 Å². The van der Waals surface area contributed by atoms with E-state index >= 15 is 0 Å². The standard InChI is InChI=1S/C24H29N5O/c1-18-24(19(2)29(27-18)22-11-7-4-8-12-22)26-23(30)14-16-28-15-13-21(17-28)25-20-9-5-3-6-10-20/h3-12,21,25H,13-17H2,1-2H3,(H,26,30). The Hall–Kier alpha value is -3.12. The highest BCUT2D eigenvalue weighted by Gasteiger charge is 2.23. The number of amides is 1. The number of rotatable bonds is 7. The molecule has 0 radical (unpaired) electrons. The topological polar surface area (TPSA) is 62.2 Å². The van der Waals surface area contributed by atoms with Gasteiger partial charge < -0.3 is 15.5 Å². The zero-order valence-electron chi connectivity index (χ0n) is 17.6. The molecule has 1 atom stereocenters. The van der Waals surface area contributed by atoms with Crippen molar-refractivity contribution < 1.29 is 4.79 Å². The molecule has 1 fully saturated rings. The fourth-order valence-corrected chi connectivity index (χ4v) is 4.03. The van der Waals surface area contributed by atoms with Gasteiger partial charge in [-0.1, -0.05) is 36.4 Å². The molecule has 1 aliphatic rings. The Morgan fingerprint density at radius 2 is 1.77 bits per heavy atom. The number of nitrogens with zero attached hydrogens (tertiary/aromatic N) is 3. The average Bonchev–Trinajstić information content (AvgIpc) is 3.33. The first kappa shape index (κ1) is 20.2. The van der Waals surface area contributed by atoms with Crippen molar-refractivity contribution in [2.24, 2.45) is 0 Å². The lowest BCUT2D eigenvalue weighted by Gasteiger charge is -2.17. The highest BCUT2D eigenvalue weighted by Crippen LogP contribution is 2.23. The van der Waals surface area contributed by atoms with E-state index in [2.05, 4.69) is 32.8 Å². The highest BCUT2D eigenvalue weighted by molar-refractivity contribution is 5.92. The number of hydrogen-bond acceptors (Lipinski definition) is 4. The first-order valence-electron chi connectivity index (χ1n) is 10.6. The quantitative estimate of drug-likeness (QED) is 0.626. The normalized spacial score (nSPS) is 16.5. The summed E-state index contributed by atoms with van der Waals surface area (Å²) >= 11 is 0. The van der Waals surface area contributed by atoms with Gasteiger partial charge in [-0.05, 0) is 44.5 Å². The second-order valence-electron chi connectivity index (χ2n) is 7.89. The van der Waals surface area contributed by atoms with Crippen LogP contribution in [0.2, 0.25) is 0 Å². The van der Waals surface area contributed by atoms with Gasteiger partial charge in [0, 0.05) is 37.8 Å².